The van der Waals surface area contributed by atoms with Gasteiger partial charge >= 0.3 is 6.03 Å². The third-order valence-corrected chi connectivity index (χ3v) is 6.66. The van der Waals surface area contributed by atoms with Crippen LogP contribution in [0.2, 0.25) is 5.15 Å². The molecule has 1 aliphatic rings. The van der Waals surface area contributed by atoms with Gasteiger partial charge in [-0.15, -0.1) is 5.10 Å². The number of alkyl halides is 2. The Balaban J connectivity index is 1.56. The summed E-state index contributed by atoms with van der Waals surface area (Å²) in [6.45, 7) is 2.00. The predicted molar refractivity (Wildman–Crippen MR) is 119 cm³/mol. The molecule has 3 heterocycles. The number of amides is 2. The van der Waals surface area contributed by atoms with Crippen molar-refractivity contribution in [1.29, 1.82) is 0 Å². The molecule has 10 nitrogen and oxygen atoms in total. The number of urea groups is 1. The number of sulfone groups is 1. The highest BCUT2D eigenvalue weighted by atomic mass is 35.5. The van der Waals surface area contributed by atoms with Gasteiger partial charge in [-0.25, -0.2) is 27.0 Å². The number of aryl methyl sites for hydroxylation is 1. The molecular formula is C19H23ClF2N6O4S. The zero-order valence-electron chi connectivity index (χ0n) is 17.9. The lowest BCUT2D eigenvalue weighted by Gasteiger charge is -2.19. The van der Waals surface area contributed by atoms with Crippen molar-refractivity contribution >= 4 is 39.0 Å². The monoisotopic (exact) mass is 504 g/mol. The topological polar surface area (TPSA) is 126 Å². The van der Waals surface area contributed by atoms with Crippen molar-refractivity contribution in [3.05, 3.63) is 34.6 Å². The van der Waals surface area contributed by atoms with E-state index in [1.807, 2.05) is 11.8 Å². The lowest BCUT2D eigenvalue weighted by Crippen LogP contribution is -2.29. The van der Waals surface area contributed by atoms with E-state index in [2.05, 4.69) is 25.8 Å². The highest BCUT2D eigenvalue weighted by molar-refractivity contribution is 7.91. The van der Waals surface area contributed by atoms with Crippen LogP contribution in [0.15, 0.2) is 18.2 Å². The number of nitrogens with one attached hydrogen (secondary N) is 2. The molecule has 1 aliphatic heterocycles. The van der Waals surface area contributed by atoms with Crippen molar-refractivity contribution in [2.24, 2.45) is 0 Å². The van der Waals surface area contributed by atoms with E-state index in [1.54, 1.807) is 6.07 Å². The Morgan fingerprint density at radius 3 is 2.73 bits per heavy atom. The Bertz CT molecular complexity index is 1120. The van der Waals surface area contributed by atoms with E-state index >= 15 is 0 Å². The number of aromatic nitrogens is 3. The summed E-state index contributed by atoms with van der Waals surface area (Å²) in [5.41, 5.74) is 1.51. The Morgan fingerprint density at radius 1 is 1.33 bits per heavy atom. The summed E-state index contributed by atoms with van der Waals surface area (Å²) in [5, 5.41) is 13.0. The maximum absolute atomic E-state index is 12.3. The van der Waals surface area contributed by atoms with E-state index in [0.29, 0.717) is 31.0 Å². The molecule has 0 aliphatic carbocycles. The third kappa shape index (κ3) is 7.09. The second-order valence-corrected chi connectivity index (χ2v) is 10.3. The van der Waals surface area contributed by atoms with Crippen LogP contribution in [0, 0.1) is 6.92 Å². The average Bonchev–Trinajstić information content (AvgIpc) is 3.21. The second kappa shape index (κ2) is 10.4. The van der Waals surface area contributed by atoms with E-state index in [9.17, 15) is 22.0 Å². The maximum Gasteiger partial charge on any atom is 0.319 e. The van der Waals surface area contributed by atoms with Crippen molar-refractivity contribution in [3.8, 4) is 5.88 Å². The minimum atomic E-state index is -3.12. The Hall–Kier alpha value is -2.80. The van der Waals surface area contributed by atoms with Crippen molar-refractivity contribution in [2.75, 3.05) is 36.2 Å². The van der Waals surface area contributed by atoms with Gasteiger partial charge in [-0.1, -0.05) is 11.6 Å². The lowest BCUT2D eigenvalue weighted by molar-refractivity contribution is 0.0796. The van der Waals surface area contributed by atoms with E-state index < -0.39 is 34.2 Å². The molecule has 2 aromatic heterocycles. The Labute approximate surface area is 194 Å². The summed E-state index contributed by atoms with van der Waals surface area (Å²) in [5.74, 6) is 0.465. The number of hydrogen-bond acceptors (Lipinski definition) is 8. The molecule has 33 heavy (non-hydrogen) atoms. The van der Waals surface area contributed by atoms with Gasteiger partial charge in [0.2, 0.25) is 5.88 Å². The fraction of sp³-hybridized carbons (Fsp3) is 0.474. The van der Waals surface area contributed by atoms with E-state index in [4.69, 9.17) is 16.3 Å². The predicted octanol–water partition coefficient (Wildman–Crippen LogP) is 2.42. The summed E-state index contributed by atoms with van der Waals surface area (Å²) in [6.07, 6.45) is -0.901. The van der Waals surface area contributed by atoms with Gasteiger partial charge in [-0.3, -0.25) is 0 Å². The number of ether oxygens (including phenoxy) is 1. The molecule has 2 amide bonds. The molecule has 0 bridgehead atoms. The SMILES string of the molecule is Cc1cc(CNC(=O)Nc2cc(Cl)nc(OCC(F)F)c2)nnc1N1CC[C@@H](S(C)(=O)=O)C1. The van der Waals surface area contributed by atoms with Gasteiger partial charge in [0.25, 0.3) is 6.43 Å². The summed E-state index contributed by atoms with van der Waals surface area (Å²) in [6, 6.07) is 3.79. The molecule has 2 aromatic rings. The van der Waals surface area contributed by atoms with Crippen LogP contribution in [0.1, 0.15) is 17.7 Å². The standard InChI is InChI=1S/C19H23ClF2N6O4S/c1-11-5-13(26-27-18(11)28-4-3-14(9-28)33(2,30)31)8-23-19(29)24-12-6-15(20)25-17(7-12)32-10-16(21)22/h5-7,14,16H,3-4,8-10H2,1-2H3,(H2,23,24,25,29)/t14-/m1/s1. The van der Waals surface area contributed by atoms with Crippen LogP contribution < -0.4 is 20.3 Å². The highest BCUT2D eigenvalue weighted by Crippen LogP contribution is 2.24. The van der Waals surface area contributed by atoms with Gasteiger partial charge in [-0.2, -0.15) is 5.10 Å². The number of nitrogens with zero attached hydrogens (tertiary/aromatic N) is 4. The molecular weight excluding hydrogens is 482 g/mol. The first-order chi connectivity index (χ1) is 15.5. The van der Waals surface area contributed by atoms with E-state index in [1.165, 1.54) is 18.4 Å². The molecule has 2 N–H and O–H groups in total. The number of pyridine rings is 1. The van der Waals surface area contributed by atoms with Crippen LogP contribution in [0.25, 0.3) is 0 Å². The van der Waals surface area contributed by atoms with Crippen molar-refractivity contribution in [1.82, 2.24) is 20.5 Å². The number of carbonyl (C=O) groups excluding carboxylic acids is 1. The molecule has 180 valence electrons. The third-order valence-electron chi connectivity index (χ3n) is 4.87. The number of rotatable bonds is 8. The van der Waals surface area contributed by atoms with Crippen LogP contribution in [0.5, 0.6) is 5.88 Å². The van der Waals surface area contributed by atoms with Crippen LogP contribution >= 0.6 is 11.6 Å². The van der Waals surface area contributed by atoms with Crippen molar-refractivity contribution in [2.45, 2.75) is 31.6 Å². The zero-order valence-corrected chi connectivity index (χ0v) is 19.5. The van der Waals surface area contributed by atoms with E-state index in [0.717, 1.165) is 5.56 Å². The number of halogens is 3. The van der Waals surface area contributed by atoms with Gasteiger partial charge in [0.05, 0.1) is 23.2 Å². The van der Waals surface area contributed by atoms with Crippen LogP contribution in [0.3, 0.4) is 0 Å². The van der Waals surface area contributed by atoms with Crippen molar-refractivity contribution < 1.29 is 26.7 Å². The molecule has 0 aromatic carbocycles. The van der Waals surface area contributed by atoms with Gasteiger partial charge in [-0.05, 0) is 31.0 Å². The first-order valence-corrected chi connectivity index (χ1v) is 12.2. The van der Waals surface area contributed by atoms with Gasteiger partial charge in [0.1, 0.15) is 5.15 Å². The minimum Gasteiger partial charge on any atom is -0.471 e. The largest absolute Gasteiger partial charge is 0.471 e. The first kappa shape index (κ1) is 24.8. The summed E-state index contributed by atoms with van der Waals surface area (Å²) >= 11 is 5.84. The fourth-order valence-electron chi connectivity index (χ4n) is 3.32. The zero-order chi connectivity index (χ0) is 24.2. The normalized spacial score (nSPS) is 16.2. The first-order valence-electron chi connectivity index (χ1n) is 9.91. The highest BCUT2D eigenvalue weighted by Gasteiger charge is 2.31. The second-order valence-electron chi connectivity index (χ2n) is 7.56. The molecule has 1 fully saturated rings. The summed E-state index contributed by atoms with van der Waals surface area (Å²) in [7, 11) is -3.12. The number of carbonyl (C=O) groups is 1. The molecule has 3 rings (SSSR count). The van der Waals surface area contributed by atoms with Gasteiger partial charge in [0, 0.05) is 25.4 Å². The molecule has 1 atom stereocenters. The fourth-order valence-corrected chi connectivity index (χ4v) is 4.50. The molecule has 0 unspecified atom stereocenters. The van der Waals surface area contributed by atoms with Crippen molar-refractivity contribution in [3.63, 3.8) is 0 Å². The Morgan fingerprint density at radius 2 is 2.09 bits per heavy atom. The smallest absolute Gasteiger partial charge is 0.319 e. The molecule has 0 spiro atoms. The average molecular weight is 505 g/mol. The van der Waals surface area contributed by atoms with Crippen LogP contribution in [0.4, 0.5) is 25.1 Å². The lowest BCUT2D eigenvalue weighted by atomic mass is 10.2. The van der Waals surface area contributed by atoms with Gasteiger partial charge in [0.15, 0.2) is 22.3 Å². The van der Waals surface area contributed by atoms with Crippen LogP contribution in [-0.2, 0) is 16.4 Å². The Kier molecular flexibility index (Phi) is 7.84. The molecule has 0 saturated carbocycles. The van der Waals surface area contributed by atoms with Crippen LogP contribution in [-0.4, -0.2) is 67.3 Å². The van der Waals surface area contributed by atoms with E-state index in [-0.39, 0.29) is 23.3 Å². The molecule has 0 radical (unpaired) electrons. The molecule has 14 heteroatoms. The summed E-state index contributed by atoms with van der Waals surface area (Å²) < 4.78 is 52.9. The maximum atomic E-state index is 12.3. The molecule has 1 saturated heterocycles. The quantitative estimate of drug-likeness (QED) is 0.525. The number of anilines is 2. The summed E-state index contributed by atoms with van der Waals surface area (Å²) in [4.78, 5) is 17.9. The minimum absolute atomic E-state index is 0.0332. The number of hydrogen-bond donors (Lipinski definition) is 2. The van der Waals surface area contributed by atoms with Gasteiger partial charge < -0.3 is 20.3 Å².